The molecule has 0 N–H and O–H groups in total. The molecule has 1 aliphatic heterocycles. The van der Waals surface area contributed by atoms with Gasteiger partial charge in [0.1, 0.15) is 5.75 Å². The van der Waals surface area contributed by atoms with Crippen LogP contribution in [0.5, 0.6) is 5.75 Å². The van der Waals surface area contributed by atoms with E-state index in [1.165, 1.54) is 23.1 Å². The molecule has 4 rings (SSSR count). The number of hydrogen-bond donors (Lipinski definition) is 0. The zero-order valence-corrected chi connectivity index (χ0v) is 17.0. The van der Waals surface area contributed by atoms with Crippen LogP contribution in [-0.2, 0) is 4.79 Å². The number of para-hydroxylation sites is 2. The molecule has 28 heavy (non-hydrogen) atoms. The Morgan fingerprint density at radius 3 is 2.57 bits per heavy atom. The number of carbonyl (C=O) groups is 1. The van der Waals surface area contributed by atoms with Crippen LogP contribution in [0.15, 0.2) is 69.9 Å². The normalized spacial score (nSPS) is 16.9. The molecule has 1 fully saturated rings. The average Bonchev–Trinajstić information content (AvgIpc) is 3.26. The molecule has 3 aromatic rings. The van der Waals surface area contributed by atoms with Crippen LogP contribution >= 0.6 is 23.1 Å². The maximum atomic E-state index is 13.2. The van der Waals surface area contributed by atoms with E-state index < -0.39 is 0 Å². The molecule has 140 valence electrons. The zero-order valence-electron chi connectivity index (χ0n) is 15.3. The molecule has 0 atom stereocenters. The first-order valence-electron chi connectivity index (χ1n) is 8.58. The minimum atomic E-state index is -0.117. The number of aromatic nitrogens is 1. The number of rotatable bonds is 4. The quantitative estimate of drug-likeness (QED) is 0.553. The minimum Gasteiger partial charge on any atom is -0.496 e. The Kier molecular flexibility index (Phi) is 5.27. The summed E-state index contributed by atoms with van der Waals surface area (Å²) in [6.45, 7) is 1.93. The topological polar surface area (TPSA) is 54.8 Å². The maximum Gasteiger partial charge on any atom is 0.271 e. The Bertz CT molecular complexity index is 1070. The molecule has 0 radical (unpaired) electrons. The van der Waals surface area contributed by atoms with Crippen LogP contribution in [0.1, 0.15) is 11.3 Å². The van der Waals surface area contributed by atoms with Crippen molar-refractivity contribution in [2.45, 2.75) is 6.92 Å². The smallest absolute Gasteiger partial charge is 0.271 e. The lowest BCUT2D eigenvalue weighted by Crippen LogP contribution is -2.28. The van der Waals surface area contributed by atoms with Gasteiger partial charge < -0.3 is 4.74 Å². The van der Waals surface area contributed by atoms with Crippen molar-refractivity contribution >= 4 is 51.1 Å². The SMILES string of the molecule is COc1ccccc1/C=C1\S/C(=N/c2nc(C)cs2)N(c2ccccc2)C1=O. The fraction of sp³-hybridized carbons (Fsp3) is 0.0952. The number of nitrogens with zero attached hydrogens (tertiary/aromatic N) is 3. The summed E-state index contributed by atoms with van der Waals surface area (Å²) in [4.78, 5) is 24.5. The Hall–Kier alpha value is -2.90. The summed E-state index contributed by atoms with van der Waals surface area (Å²) in [6.07, 6.45) is 1.84. The van der Waals surface area contributed by atoms with E-state index in [1.54, 1.807) is 12.0 Å². The third-order valence-electron chi connectivity index (χ3n) is 4.04. The summed E-state index contributed by atoms with van der Waals surface area (Å²) in [5.74, 6) is 0.602. The number of methoxy groups -OCH3 is 1. The lowest BCUT2D eigenvalue weighted by Gasteiger charge is -2.14. The molecule has 0 spiro atoms. The van der Waals surface area contributed by atoms with Crippen molar-refractivity contribution in [1.29, 1.82) is 0 Å². The van der Waals surface area contributed by atoms with Crippen LogP contribution in [0, 0.1) is 6.92 Å². The summed E-state index contributed by atoms with van der Waals surface area (Å²) >= 11 is 2.80. The first-order chi connectivity index (χ1) is 13.7. The molecule has 0 bridgehead atoms. The number of anilines is 1. The van der Waals surface area contributed by atoms with Gasteiger partial charge >= 0.3 is 0 Å². The number of ether oxygens (including phenoxy) is 1. The predicted octanol–water partition coefficient (Wildman–Crippen LogP) is 5.27. The number of aliphatic imine (C=N–C) groups is 1. The maximum absolute atomic E-state index is 13.2. The molecule has 7 heteroatoms. The molecular formula is C21H17N3O2S2. The lowest BCUT2D eigenvalue weighted by molar-refractivity contribution is -0.113. The summed E-state index contributed by atoms with van der Waals surface area (Å²) < 4.78 is 5.41. The number of carbonyl (C=O) groups excluding carboxylic acids is 1. The fourth-order valence-corrected chi connectivity index (χ4v) is 4.45. The van der Waals surface area contributed by atoms with Gasteiger partial charge in [0.25, 0.3) is 5.91 Å². The third-order valence-corrected chi connectivity index (χ3v) is 5.87. The number of amidine groups is 1. The van der Waals surface area contributed by atoms with Gasteiger partial charge in [0.15, 0.2) is 5.17 Å². The monoisotopic (exact) mass is 407 g/mol. The van der Waals surface area contributed by atoms with Gasteiger partial charge in [-0.2, -0.15) is 4.99 Å². The molecule has 2 heterocycles. The molecular weight excluding hydrogens is 390 g/mol. The second kappa shape index (κ2) is 8.00. The number of aryl methyl sites for hydroxylation is 1. The first-order valence-corrected chi connectivity index (χ1v) is 10.3. The van der Waals surface area contributed by atoms with Crippen LogP contribution in [0.2, 0.25) is 0 Å². The second-order valence-electron chi connectivity index (χ2n) is 5.99. The average molecular weight is 408 g/mol. The van der Waals surface area contributed by atoms with Gasteiger partial charge in [-0.3, -0.25) is 9.69 Å². The Morgan fingerprint density at radius 1 is 1.11 bits per heavy atom. The molecule has 1 saturated heterocycles. The van der Waals surface area contributed by atoms with Crippen molar-refractivity contribution in [1.82, 2.24) is 4.98 Å². The minimum absolute atomic E-state index is 0.117. The van der Waals surface area contributed by atoms with Gasteiger partial charge in [-0.15, -0.1) is 11.3 Å². The van der Waals surface area contributed by atoms with E-state index in [0.29, 0.717) is 15.2 Å². The van der Waals surface area contributed by atoms with Crippen molar-refractivity contribution in [2.75, 3.05) is 12.0 Å². The highest BCUT2D eigenvalue weighted by atomic mass is 32.2. The van der Waals surface area contributed by atoms with E-state index in [0.717, 1.165) is 22.7 Å². The zero-order chi connectivity index (χ0) is 19.5. The van der Waals surface area contributed by atoms with E-state index in [9.17, 15) is 4.79 Å². The first kappa shape index (κ1) is 18.5. The summed E-state index contributed by atoms with van der Waals surface area (Å²) in [5, 5.41) is 3.16. The molecule has 2 aromatic carbocycles. The fourth-order valence-electron chi connectivity index (χ4n) is 2.76. The Morgan fingerprint density at radius 2 is 1.86 bits per heavy atom. The van der Waals surface area contributed by atoms with Gasteiger partial charge in [0.05, 0.1) is 23.4 Å². The largest absolute Gasteiger partial charge is 0.496 e. The highest BCUT2D eigenvalue weighted by molar-refractivity contribution is 8.19. The Labute approximate surface area is 171 Å². The van der Waals surface area contributed by atoms with Crippen LogP contribution in [0.25, 0.3) is 6.08 Å². The highest BCUT2D eigenvalue weighted by Gasteiger charge is 2.35. The van der Waals surface area contributed by atoms with Crippen molar-refractivity contribution in [2.24, 2.45) is 4.99 Å². The predicted molar refractivity (Wildman–Crippen MR) is 116 cm³/mol. The standard InChI is InChI=1S/C21H17N3O2S2/c1-14-13-27-20(22-14)23-21-24(16-9-4-3-5-10-16)19(25)18(28-21)12-15-8-6-7-11-17(15)26-2/h3-13H,1-2H3/b18-12-,23-21+. The molecule has 0 aliphatic carbocycles. The van der Waals surface area contributed by atoms with E-state index in [4.69, 9.17) is 4.74 Å². The van der Waals surface area contributed by atoms with Crippen molar-refractivity contribution in [3.63, 3.8) is 0 Å². The van der Waals surface area contributed by atoms with Gasteiger partial charge in [-0.05, 0) is 43.0 Å². The van der Waals surface area contributed by atoms with E-state index in [-0.39, 0.29) is 5.91 Å². The van der Waals surface area contributed by atoms with Gasteiger partial charge in [0, 0.05) is 10.9 Å². The molecule has 1 aliphatic rings. The van der Waals surface area contributed by atoms with E-state index >= 15 is 0 Å². The molecule has 1 aromatic heterocycles. The van der Waals surface area contributed by atoms with E-state index in [1.807, 2.05) is 73.0 Å². The number of thioether (sulfide) groups is 1. The van der Waals surface area contributed by atoms with Crippen LogP contribution in [0.4, 0.5) is 10.8 Å². The van der Waals surface area contributed by atoms with E-state index in [2.05, 4.69) is 9.98 Å². The number of benzene rings is 2. The lowest BCUT2D eigenvalue weighted by atomic mass is 10.2. The van der Waals surface area contributed by atoms with Crippen LogP contribution in [0.3, 0.4) is 0 Å². The Balaban J connectivity index is 1.78. The summed E-state index contributed by atoms with van der Waals surface area (Å²) in [7, 11) is 1.62. The van der Waals surface area contributed by atoms with Crippen LogP contribution < -0.4 is 9.64 Å². The van der Waals surface area contributed by atoms with Crippen molar-refractivity contribution in [3.8, 4) is 5.75 Å². The van der Waals surface area contributed by atoms with Gasteiger partial charge in [-0.25, -0.2) is 4.98 Å². The number of hydrogen-bond acceptors (Lipinski definition) is 6. The van der Waals surface area contributed by atoms with Gasteiger partial charge in [-0.1, -0.05) is 36.4 Å². The van der Waals surface area contributed by atoms with Gasteiger partial charge in [0.2, 0.25) is 5.13 Å². The molecule has 0 unspecified atom stereocenters. The number of amides is 1. The molecule has 5 nitrogen and oxygen atoms in total. The second-order valence-corrected chi connectivity index (χ2v) is 7.84. The molecule has 1 amide bonds. The van der Waals surface area contributed by atoms with Crippen LogP contribution in [-0.4, -0.2) is 23.2 Å². The number of thiazole rings is 1. The van der Waals surface area contributed by atoms with Crippen molar-refractivity contribution < 1.29 is 9.53 Å². The summed E-state index contributed by atoms with van der Waals surface area (Å²) in [5.41, 5.74) is 2.53. The van der Waals surface area contributed by atoms with Crippen molar-refractivity contribution in [3.05, 3.63) is 76.1 Å². The third kappa shape index (κ3) is 3.72. The summed E-state index contributed by atoms with van der Waals surface area (Å²) in [6, 6.07) is 17.1. The molecule has 0 saturated carbocycles. The highest BCUT2D eigenvalue weighted by Crippen LogP contribution is 2.38.